The molecule has 0 spiro atoms. The molecule has 1 aliphatic rings. The van der Waals surface area contributed by atoms with Gasteiger partial charge >= 0.3 is 12.0 Å². The third-order valence-electron chi connectivity index (χ3n) is 4.01. The van der Waals surface area contributed by atoms with Crippen molar-refractivity contribution in [1.82, 2.24) is 10.2 Å². The molecule has 0 saturated carbocycles. The Hall–Kier alpha value is -1.52. The van der Waals surface area contributed by atoms with Crippen LogP contribution < -0.4 is 5.32 Å². The van der Waals surface area contributed by atoms with Gasteiger partial charge in [-0.05, 0) is 26.7 Å². The second-order valence-electron chi connectivity index (χ2n) is 5.72. The molecule has 0 radical (unpaired) electrons. The molecule has 0 bridgehead atoms. The molecule has 22 heavy (non-hydrogen) atoms. The van der Waals surface area contributed by atoms with Gasteiger partial charge in [-0.3, -0.25) is 4.90 Å². The highest BCUT2D eigenvalue weighted by Crippen LogP contribution is 2.24. The molecule has 1 aliphatic heterocycles. The maximum absolute atomic E-state index is 12.3. The van der Waals surface area contributed by atoms with Crippen molar-refractivity contribution in [3.05, 3.63) is 11.3 Å². The first-order valence-electron chi connectivity index (χ1n) is 8.52. The summed E-state index contributed by atoms with van der Waals surface area (Å²) in [6, 6.07) is -0.323. The first kappa shape index (κ1) is 18.5. The summed E-state index contributed by atoms with van der Waals surface area (Å²) in [6.45, 7) is 8.86. The van der Waals surface area contributed by atoms with Crippen LogP contribution in [-0.2, 0) is 9.53 Å². The van der Waals surface area contributed by atoms with Crippen LogP contribution >= 0.6 is 0 Å². The average Bonchev–Trinajstić information content (AvgIpc) is 2.47. The zero-order chi connectivity index (χ0) is 16.5. The van der Waals surface area contributed by atoms with Gasteiger partial charge in [0, 0.05) is 12.2 Å². The van der Waals surface area contributed by atoms with Crippen molar-refractivity contribution in [2.24, 2.45) is 0 Å². The number of ether oxygens (including phenoxy) is 1. The number of hydrogen-bond donors (Lipinski definition) is 1. The molecule has 1 unspecified atom stereocenters. The van der Waals surface area contributed by atoms with Crippen LogP contribution in [0.15, 0.2) is 11.3 Å². The number of hydrogen-bond acceptors (Lipinski definition) is 3. The summed E-state index contributed by atoms with van der Waals surface area (Å²) < 4.78 is 5.20. The Kier molecular flexibility index (Phi) is 7.99. The van der Waals surface area contributed by atoms with Crippen LogP contribution in [0.25, 0.3) is 0 Å². The number of rotatable bonds is 9. The number of carbonyl (C=O) groups excluding carboxylic acids is 2. The number of amides is 2. The first-order valence-corrected chi connectivity index (χ1v) is 8.52. The maximum Gasteiger partial charge on any atom is 0.337 e. The number of nitrogens with zero attached hydrogens (tertiary/aromatic N) is 1. The SMILES string of the molecule is CCCCCC1NC(=O)N(CCCC)C(C)=C1C(=O)OCC. The normalized spacial score (nSPS) is 18.5. The zero-order valence-corrected chi connectivity index (χ0v) is 14.4. The van der Waals surface area contributed by atoms with Crippen molar-refractivity contribution in [1.29, 1.82) is 0 Å². The molecule has 5 heteroatoms. The minimum absolute atomic E-state index is 0.0968. The summed E-state index contributed by atoms with van der Waals surface area (Å²) >= 11 is 0. The van der Waals surface area contributed by atoms with Gasteiger partial charge in [0.05, 0.1) is 18.2 Å². The van der Waals surface area contributed by atoms with Gasteiger partial charge in [0.15, 0.2) is 0 Å². The van der Waals surface area contributed by atoms with Crippen LogP contribution in [0.2, 0.25) is 0 Å². The molecular formula is C17H30N2O3. The number of esters is 1. The van der Waals surface area contributed by atoms with Crippen LogP contribution in [0.5, 0.6) is 0 Å². The summed E-state index contributed by atoms with van der Waals surface area (Å²) in [5.74, 6) is -0.303. The van der Waals surface area contributed by atoms with E-state index in [0.717, 1.165) is 44.2 Å². The van der Waals surface area contributed by atoms with Gasteiger partial charge in [0.25, 0.3) is 0 Å². The number of carbonyl (C=O) groups is 2. The first-order chi connectivity index (χ1) is 10.6. The highest BCUT2D eigenvalue weighted by Gasteiger charge is 2.34. The Morgan fingerprint density at radius 2 is 1.86 bits per heavy atom. The van der Waals surface area contributed by atoms with Gasteiger partial charge in [0.1, 0.15) is 0 Å². The maximum atomic E-state index is 12.3. The Labute approximate surface area is 134 Å². The third kappa shape index (κ3) is 4.75. The average molecular weight is 310 g/mol. The van der Waals surface area contributed by atoms with E-state index in [2.05, 4.69) is 19.2 Å². The van der Waals surface area contributed by atoms with Crippen LogP contribution in [0.4, 0.5) is 4.79 Å². The molecule has 5 nitrogen and oxygen atoms in total. The molecule has 126 valence electrons. The number of nitrogens with one attached hydrogen (secondary N) is 1. The summed E-state index contributed by atoms with van der Waals surface area (Å²) in [5.41, 5.74) is 1.37. The quantitative estimate of drug-likeness (QED) is 0.523. The summed E-state index contributed by atoms with van der Waals surface area (Å²) in [5, 5.41) is 2.98. The third-order valence-corrected chi connectivity index (χ3v) is 4.01. The smallest absolute Gasteiger partial charge is 0.337 e. The molecule has 0 aromatic rings. The van der Waals surface area contributed by atoms with E-state index in [0.29, 0.717) is 18.7 Å². The van der Waals surface area contributed by atoms with Crippen molar-refractivity contribution in [3.8, 4) is 0 Å². The van der Waals surface area contributed by atoms with E-state index in [1.807, 2.05) is 6.92 Å². The molecule has 0 saturated heterocycles. The van der Waals surface area contributed by atoms with Crippen LogP contribution in [0.3, 0.4) is 0 Å². The predicted molar refractivity (Wildman–Crippen MR) is 87.4 cm³/mol. The minimum atomic E-state index is -0.303. The lowest BCUT2D eigenvalue weighted by Gasteiger charge is -2.35. The van der Waals surface area contributed by atoms with Gasteiger partial charge in [-0.25, -0.2) is 9.59 Å². The van der Waals surface area contributed by atoms with Gasteiger partial charge in [-0.15, -0.1) is 0 Å². The molecule has 0 aromatic carbocycles. The van der Waals surface area contributed by atoms with E-state index in [1.54, 1.807) is 11.8 Å². The van der Waals surface area contributed by atoms with E-state index in [9.17, 15) is 9.59 Å². The fraction of sp³-hybridized carbons (Fsp3) is 0.765. The Bertz CT molecular complexity index is 418. The van der Waals surface area contributed by atoms with E-state index in [-0.39, 0.29) is 18.0 Å². The molecular weight excluding hydrogens is 280 g/mol. The van der Waals surface area contributed by atoms with Gasteiger partial charge in [-0.1, -0.05) is 39.5 Å². The molecule has 1 heterocycles. The Morgan fingerprint density at radius 1 is 1.18 bits per heavy atom. The molecule has 1 atom stereocenters. The Balaban J connectivity index is 2.99. The van der Waals surface area contributed by atoms with Crippen molar-refractivity contribution >= 4 is 12.0 Å². The fourth-order valence-corrected chi connectivity index (χ4v) is 2.75. The monoisotopic (exact) mass is 310 g/mol. The van der Waals surface area contributed by atoms with Crippen LogP contribution in [0.1, 0.15) is 66.2 Å². The van der Waals surface area contributed by atoms with E-state index in [4.69, 9.17) is 4.74 Å². The molecule has 1 N–H and O–H groups in total. The molecule has 1 rings (SSSR count). The fourth-order valence-electron chi connectivity index (χ4n) is 2.75. The van der Waals surface area contributed by atoms with Crippen molar-refractivity contribution in [3.63, 3.8) is 0 Å². The zero-order valence-electron chi connectivity index (χ0n) is 14.4. The van der Waals surface area contributed by atoms with E-state index in [1.165, 1.54) is 0 Å². The topological polar surface area (TPSA) is 58.6 Å². The molecule has 2 amide bonds. The van der Waals surface area contributed by atoms with Crippen LogP contribution in [0, 0.1) is 0 Å². The van der Waals surface area contributed by atoms with Crippen molar-refractivity contribution in [2.75, 3.05) is 13.2 Å². The highest BCUT2D eigenvalue weighted by atomic mass is 16.5. The van der Waals surface area contributed by atoms with E-state index < -0.39 is 0 Å². The standard InChI is InChI=1S/C17H30N2O3/c1-5-8-10-11-14-15(16(20)22-7-3)13(4)19(12-9-6-2)17(21)18-14/h14H,5-12H2,1-4H3,(H,18,21). The summed E-state index contributed by atoms with van der Waals surface area (Å²) in [6.07, 6.45) is 5.91. The van der Waals surface area contributed by atoms with Gasteiger partial charge in [-0.2, -0.15) is 0 Å². The molecule has 0 aromatic heterocycles. The van der Waals surface area contributed by atoms with Gasteiger partial charge < -0.3 is 10.1 Å². The molecule has 0 fully saturated rings. The number of urea groups is 1. The van der Waals surface area contributed by atoms with Gasteiger partial charge in [0.2, 0.25) is 0 Å². The molecule has 0 aliphatic carbocycles. The second kappa shape index (κ2) is 9.49. The minimum Gasteiger partial charge on any atom is -0.463 e. The lowest BCUT2D eigenvalue weighted by molar-refractivity contribution is -0.139. The summed E-state index contributed by atoms with van der Waals surface area (Å²) in [4.78, 5) is 26.3. The van der Waals surface area contributed by atoms with Crippen molar-refractivity contribution < 1.29 is 14.3 Å². The summed E-state index contributed by atoms with van der Waals surface area (Å²) in [7, 11) is 0. The lowest BCUT2D eigenvalue weighted by atomic mass is 9.96. The second-order valence-corrected chi connectivity index (χ2v) is 5.72. The number of allylic oxidation sites excluding steroid dienone is 1. The van der Waals surface area contributed by atoms with Crippen LogP contribution in [-0.4, -0.2) is 36.1 Å². The number of unbranched alkanes of at least 4 members (excludes halogenated alkanes) is 3. The van der Waals surface area contributed by atoms with Crippen molar-refractivity contribution in [2.45, 2.75) is 72.3 Å². The highest BCUT2D eigenvalue weighted by molar-refractivity contribution is 5.94. The van der Waals surface area contributed by atoms with E-state index >= 15 is 0 Å². The predicted octanol–water partition coefficient (Wildman–Crippen LogP) is 3.60. The lowest BCUT2D eigenvalue weighted by Crippen LogP contribution is -2.52. The Morgan fingerprint density at radius 3 is 2.45 bits per heavy atom. The largest absolute Gasteiger partial charge is 0.463 e.